The lowest BCUT2D eigenvalue weighted by Gasteiger charge is -2.25. The highest BCUT2D eigenvalue weighted by Crippen LogP contribution is 2.29. The van der Waals surface area contributed by atoms with Crippen LogP contribution < -0.4 is 5.32 Å². The van der Waals surface area contributed by atoms with Crippen LogP contribution in [-0.2, 0) is 15.8 Å². The van der Waals surface area contributed by atoms with Gasteiger partial charge in [0, 0.05) is 24.4 Å². The maximum atomic E-state index is 12.7. The number of rotatable bonds is 7. The largest absolute Gasteiger partial charge is 0.296 e. The molecule has 0 aliphatic carbocycles. The van der Waals surface area contributed by atoms with Crippen molar-refractivity contribution >= 4 is 44.2 Å². The Morgan fingerprint density at radius 1 is 1.03 bits per heavy atom. The van der Waals surface area contributed by atoms with Crippen molar-refractivity contribution in [1.29, 1.82) is 0 Å². The van der Waals surface area contributed by atoms with E-state index in [0.717, 1.165) is 29.4 Å². The predicted molar refractivity (Wildman–Crippen MR) is 128 cm³/mol. The van der Waals surface area contributed by atoms with Gasteiger partial charge in [0.25, 0.3) is 5.91 Å². The molecule has 0 spiro atoms. The fraction of sp³-hybridized carbons (Fsp3) is 0.318. The number of carbonyl (C=O) groups is 1. The number of anilines is 1. The quantitative estimate of drug-likeness (QED) is 0.387. The first-order valence-electron chi connectivity index (χ1n) is 10.4. The van der Waals surface area contributed by atoms with Crippen LogP contribution in [0.5, 0.6) is 0 Å². The van der Waals surface area contributed by atoms with Crippen LogP contribution in [-0.4, -0.2) is 41.9 Å². The van der Waals surface area contributed by atoms with E-state index in [-0.39, 0.29) is 10.8 Å². The number of thioether (sulfide) groups is 1. The molecule has 0 unspecified atom stereocenters. The number of hydrogen-bond acceptors (Lipinski definition) is 7. The summed E-state index contributed by atoms with van der Waals surface area (Å²) in [5.74, 6) is 0.425. The number of benzene rings is 2. The van der Waals surface area contributed by atoms with Crippen LogP contribution in [0.1, 0.15) is 40.7 Å². The lowest BCUT2D eigenvalue weighted by atomic mass is 10.2. The van der Waals surface area contributed by atoms with E-state index in [1.54, 1.807) is 11.8 Å². The Balaban J connectivity index is 1.35. The van der Waals surface area contributed by atoms with E-state index in [1.807, 2.05) is 0 Å². The highest BCUT2D eigenvalue weighted by molar-refractivity contribution is 8.00. The van der Waals surface area contributed by atoms with Crippen LogP contribution in [0.25, 0.3) is 0 Å². The van der Waals surface area contributed by atoms with Gasteiger partial charge in [0.15, 0.2) is 4.34 Å². The van der Waals surface area contributed by atoms with Gasteiger partial charge in [-0.1, -0.05) is 59.3 Å². The van der Waals surface area contributed by atoms with E-state index in [9.17, 15) is 13.2 Å². The third-order valence-corrected chi connectivity index (χ3v) is 9.14. The zero-order valence-corrected chi connectivity index (χ0v) is 20.1. The van der Waals surface area contributed by atoms with Crippen LogP contribution in [0.4, 0.5) is 5.13 Å². The average Bonchev–Trinajstić information content (AvgIpc) is 3.26. The molecule has 168 valence electrons. The Kier molecular flexibility index (Phi) is 7.24. The maximum absolute atomic E-state index is 12.7. The van der Waals surface area contributed by atoms with Gasteiger partial charge in [-0.15, -0.1) is 10.2 Å². The van der Waals surface area contributed by atoms with Crippen LogP contribution in [0.3, 0.4) is 0 Å². The fourth-order valence-electron chi connectivity index (χ4n) is 3.35. The average molecular weight is 489 g/mol. The van der Waals surface area contributed by atoms with Crippen LogP contribution in [0.2, 0.25) is 0 Å². The van der Waals surface area contributed by atoms with Gasteiger partial charge < -0.3 is 0 Å². The molecule has 2 aromatic carbocycles. The summed E-state index contributed by atoms with van der Waals surface area (Å²) in [7, 11) is -3.51. The number of hydrogen-bond donors (Lipinski definition) is 1. The molecular weight excluding hydrogens is 464 g/mol. The molecule has 1 saturated heterocycles. The number of sulfonamides is 1. The van der Waals surface area contributed by atoms with Crippen molar-refractivity contribution < 1.29 is 13.2 Å². The van der Waals surface area contributed by atoms with E-state index in [0.29, 0.717) is 23.8 Å². The second-order valence-electron chi connectivity index (χ2n) is 7.59. The van der Waals surface area contributed by atoms with Gasteiger partial charge in [0.05, 0.1) is 4.90 Å². The van der Waals surface area contributed by atoms with Gasteiger partial charge in [-0.2, -0.15) is 4.31 Å². The zero-order valence-electron chi connectivity index (χ0n) is 17.7. The van der Waals surface area contributed by atoms with Crippen LogP contribution >= 0.6 is 23.1 Å². The summed E-state index contributed by atoms with van der Waals surface area (Å²) in [6.07, 6.45) is 2.82. The summed E-state index contributed by atoms with van der Waals surface area (Å²) in [5.41, 5.74) is 2.78. The highest BCUT2D eigenvalue weighted by atomic mass is 32.2. The lowest BCUT2D eigenvalue weighted by Crippen LogP contribution is -2.35. The monoisotopic (exact) mass is 488 g/mol. The van der Waals surface area contributed by atoms with E-state index in [1.165, 1.54) is 51.0 Å². The molecule has 1 N–H and O–H groups in total. The second kappa shape index (κ2) is 10.1. The van der Waals surface area contributed by atoms with Crippen molar-refractivity contribution in [2.45, 2.75) is 41.2 Å². The molecule has 1 amide bonds. The van der Waals surface area contributed by atoms with Gasteiger partial charge in [-0.25, -0.2) is 8.42 Å². The molecule has 7 nitrogen and oxygen atoms in total. The zero-order chi connectivity index (χ0) is 22.6. The molecule has 1 fully saturated rings. The van der Waals surface area contributed by atoms with E-state index >= 15 is 0 Å². The molecule has 4 rings (SSSR count). The number of piperidine rings is 1. The van der Waals surface area contributed by atoms with Gasteiger partial charge in [-0.3, -0.25) is 10.1 Å². The molecule has 1 aliphatic rings. The summed E-state index contributed by atoms with van der Waals surface area (Å²) < 4.78 is 27.8. The molecule has 32 heavy (non-hydrogen) atoms. The van der Waals surface area contributed by atoms with Gasteiger partial charge in [-0.05, 0) is 49.6 Å². The third-order valence-electron chi connectivity index (χ3n) is 5.18. The van der Waals surface area contributed by atoms with Gasteiger partial charge in [0.1, 0.15) is 0 Å². The normalized spacial score (nSPS) is 14.9. The topological polar surface area (TPSA) is 92.3 Å². The molecule has 2 heterocycles. The second-order valence-corrected chi connectivity index (χ2v) is 11.7. The highest BCUT2D eigenvalue weighted by Gasteiger charge is 2.26. The smallest absolute Gasteiger partial charge is 0.257 e. The van der Waals surface area contributed by atoms with Gasteiger partial charge >= 0.3 is 0 Å². The van der Waals surface area contributed by atoms with Crippen molar-refractivity contribution in [3.63, 3.8) is 0 Å². The Morgan fingerprint density at radius 3 is 2.41 bits per heavy atom. The molecular formula is C22H24N4O3S3. The number of nitrogens with zero attached hydrogens (tertiary/aromatic N) is 3. The van der Waals surface area contributed by atoms with Crippen LogP contribution in [0.15, 0.2) is 57.8 Å². The van der Waals surface area contributed by atoms with Crippen molar-refractivity contribution in [2.75, 3.05) is 18.4 Å². The molecule has 0 bridgehead atoms. The standard InChI is InChI=1S/C22H24N4O3S3/c1-16-5-7-17(8-6-16)15-30-22-25-24-21(31-22)23-20(27)18-9-11-19(12-10-18)32(28,29)26-13-3-2-4-14-26/h5-12H,2-4,13-15H2,1H3,(H,23,24,27). The summed E-state index contributed by atoms with van der Waals surface area (Å²) in [5, 5.41) is 11.3. The van der Waals surface area contributed by atoms with Crippen LogP contribution in [0, 0.1) is 6.92 Å². The minimum atomic E-state index is -3.51. The molecule has 1 aromatic heterocycles. The first kappa shape index (κ1) is 22.9. The molecule has 3 aromatic rings. The maximum Gasteiger partial charge on any atom is 0.257 e. The minimum absolute atomic E-state index is 0.210. The number of carbonyl (C=O) groups excluding carboxylic acids is 1. The van der Waals surface area contributed by atoms with Crippen molar-refractivity contribution in [1.82, 2.24) is 14.5 Å². The van der Waals surface area contributed by atoms with E-state index < -0.39 is 10.0 Å². The molecule has 1 aliphatic heterocycles. The van der Waals surface area contributed by atoms with Gasteiger partial charge in [0.2, 0.25) is 15.2 Å². The SMILES string of the molecule is Cc1ccc(CSc2nnc(NC(=O)c3ccc(S(=O)(=O)N4CCCCC4)cc3)s2)cc1. The van der Waals surface area contributed by atoms with E-state index in [2.05, 4.69) is 46.7 Å². The molecule has 0 saturated carbocycles. The third kappa shape index (κ3) is 5.55. The Hall–Kier alpha value is -2.27. The predicted octanol–water partition coefficient (Wildman–Crippen LogP) is 4.57. The lowest BCUT2D eigenvalue weighted by molar-refractivity contribution is 0.102. The van der Waals surface area contributed by atoms with Crippen molar-refractivity contribution in [3.05, 3.63) is 65.2 Å². The summed E-state index contributed by atoms with van der Waals surface area (Å²) >= 11 is 2.87. The summed E-state index contributed by atoms with van der Waals surface area (Å²) in [6.45, 7) is 3.15. The Morgan fingerprint density at radius 2 is 1.72 bits per heavy atom. The Bertz CT molecular complexity index is 1170. The summed E-state index contributed by atoms with van der Waals surface area (Å²) in [6, 6.07) is 14.3. The van der Waals surface area contributed by atoms with Crippen molar-refractivity contribution in [2.24, 2.45) is 0 Å². The first-order chi connectivity index (χ1) is 15.4. The van der Waals surface area contributed by atoms with E-state index in [4.69, 9.17) is 0 Å². The van der Waals surface area contributed by atoms with Crippen molar-refractivity contribution in [3.8, 4) is 0 Å². The first-order valence-corrected chi connectivity index (χ1v) is 13.6. The number of aromatic nitrogens is 2. The number of amides is 1. The molecule has 0 radical (unpaired) electrons. The Labute approximate surface area is 196 Å². The molecule has 10 heteroatoms. The summed E-state index contributed by atoms with van der Waals surface area (Å²) in [4.78, 5) is 12.8. The fourth-order valence-corrected chi connectivity index (χ4v) is 6.57. The number of nitrogens with one attached hydrogen (secondary N) is 1. The molecule has 0 atom stereocenters. The minimum Gasteiger partial charge on any atom is -0.296 e. The number of aryl methyl sites for hydroxylation is 1.